The molecule has 0 saturated carbocycles. The van der Waals surface area contributed by atoms with Gasteiger partial charge in [-0.1, -0.05) is 0 Å². The topological polar surface area (TPSA) is 55.3 Å². The Morgan fingerprint density at radius 3 is 2.83 bits per heavy atom. The van der Waals surface area contributed by atoms with Crippen molar-refractivity contribution in [1.82, 2.24) is 9.88 Å². The van der Waals surface area contributed by atoms with Crippen molar-refractivity contribution < 1.29 is 4.42 Å². The van der Waals surface area contributed by atoms with Gasteiger partial charge in [0.05, 0.1) is 18.0 Å². The second-order valence-electron chi connectivity index (χ2n) is 4.64. The smallest absolute Gasteiger partial charge is 0.109 e. The molecule has 0 aliphatic rings. The number of hydrogen-bond donors (Lipinski definition) is 1. The maximum atomic E-state index is 5.81. The van der Waals surface area contributed by atoms with Crippen LogP contribution < -0.4 is 5.73 Å². The van der Waals surface area contributed by atoms with E-state index in [-0.39, 0.29) is 6.04 Å². The number of nitrogens with two attached hydrogens (primary N) is 1. The van der Waals surface area contributed by atoms with E-state index in [2.05, 4.69) is 22.3 Å². The lowest BCUT2D eigenvalue weighted by molar-refractivity contribution is 0.313. The van der Waals surface area contributed by atoms with E-state index in [0.717, 1.165) is 29.6 Å². The average molecular weight is 265 g/mol. The quantitative estimate of drug-likeness (QED) is 0.903. The van der Waals surface area contributed by atoms with Crippen LogP contribution in [0.1, 0.15) is 35.0 Å². The molecule has 1 unspecified atom stereocenters. The van der Waals surface area contributed by atoms with Gasteiger partial charge >= 0.3 is 0 Å². The Hall–Kier alpha value is -1.17. The van der Waals surface area contributed by atoms with Crippen molar-refractivity contribution in [1.29, 1.82) is 0 Å². The molecule has 2 heterocycles. The van der Waals surface area contributed by atoms with Gasteiger partial charge in [0.1, 0.15) is 10.8 Å². The van der Waals surface area contributed by atoms with Crippen LogP contribution in [0.25, 0.3) is 0 Å². The molecule has 0 bridgehead atoms. The Kier molecular flexibility index (Phi) is 4.16. The summed E-state index contributed by atoms with van der Waals surface area (Å²) in [5.41, 5.74) is 8.11. The van der Waals surface area contributed by atoms with Gasteiger partial charge in [0.15, 0.2) is 0 Å². The first kappa shape index (κ1) is 13.3. The highest BCUT2D eigenvalue weighted by Gasteiger charge is 2.10. The highest BCUT2D eigenvalue weighted by molar-refractivity contribution is 7.09. The van der Waals surface area contributed by atoms with Gasteiger partial charge in [0.25, 0.3) is 0 Å². The maximum Gasteiger partial charge on any atom is 0.109 e. The number of aryl methyl sites for hydroxylation is 1. The van der Waals surface area contributed by atoms with Crippen LogP contribution in [-0.4, -0.2) is 16.9 Å². The van der Waals surface area contributed by atoms with Crippen LogP contribution in [0.3, 0.4) is 0 Å². The molecule has 0 fully saturated rings. The third-order valence-electron chi connectivity index (χ3n) is 2.80. The molecule has 5 heteroatoms. The Morgan fingerprint density at radius 2 is 2.28 bits per heavy atom. The molecule has 0 amide bonds. The van der Waals surface area contributed by atoms with Crippen LogP contribution in [0.15, 0.2) is 22.1 Å². The fraction of sp³-hybridized carbons (Fsp3) is 0.462. The third-order valence-corrected chi connectivity index (χ3v) is 3.89. The predicted octanol–water partition coefficient (Wildman–Crippen LogP) is 2.70. The molecule has 1 atom stereocenters. The minimum absolute atomic E-state index is 0.0187. The second kappa shape index (κ2) is 5.65. The number of aromatic nitrogens is 1. The predicted molar refractivity (Wildman–Crippen MR) is 73.3 cm³/mol. The van der Waals surface area contributed by atoms with Crippen LogP contribution in [0.2, 0.25) is 0 Å². The molecule has 0 spiro atoms. The summed E-state index contributed by atoms with van der Waals surface area (Å²) in [6.07, 6.45) is 1.73. The molecule has 0 saturated heterocycles. The molecule has 0 radical (unpaired) electrons. The van der Waals surface area contributed by atoms with Gasteiger partial charge in [-0.25, -0.2) is 4.98 Å². The van der Waals surface area contributed by atoms with Crippen LogP contribution in [0, 0.1) is 6.92 Å². The van der Waals surface area contributed by atoms with Crippen molar-refractivity contribution in [2.75, 3.05) is 7.05 Å². The van der Waals surface area contributed by atoms with Crippen LogP contribution in [-0.2, 0) is 13.1 Å². The molecule has 18 heavy (non-hydrogen) atoms. The fourth-order valence-electron chi connectivity index (χ4n) is 1.80. The zero-order valence-corrected chi connectivity index (χ0v) is 11.8. The monoisotopic (exact) mass is 265 g/mol. The minimum Gasteiger partial charge on any atom is -0.469 e. The Morgan fingerprint density at radius 1 is 1.50 bits per heavy atom. The molecule has 0 aliphatic carbocycles. The lowest BCUT2D eigenvalue weighted by Gasteiger charge is -2.14. The summed E-state index contributed by atoms with van der Waals surface area (Å²) in [5, 5.41) is 3.08. The van der Waals surface area contributed by atoms with Gasteiger partial charge in [-0.05, 0) is 27.0 Å². The molecule has 2 N–H and O–H groups in total. The van der Waals surface area contributed by atoms with E-state index in [1.54, 1.807) is 17.6 Å². The minimum atomic E-state index is 0.0187. The SMILES string of the molecule is Cc1occc1CN(C)Cc1csc(C(C)N)n1. The van der Waals surface area contributed by atoms with E-state index in [1.807, 2.05) is 19.9 Å². The second-order valence-corrected chi connectivity index (χ2v) is 5.53. The largest absolute Gasteiger partial charge is 0.469 e. The fourth-order valence-corrected chi connectivity index (χ4v) is 2.57. The number of thiazole rings is 1. The van der Waals surface area contributed by atoms with Crippen LogP contribution in [0.4, 0.5) is 0 Å². The van der Waals surface area contributed by atoms with Crippen molar-refractivity contribution >= 4 is 11.3 Å². The zero-order valence-electron chi connectivity index (χ0n) is 11.0. The molecule has 2 aromatic rings. The van der Waals surface area contributed by atoms with Crippen molar-refractivity contribution in [3.05, 3.63) is 39.7 Å². The van der Waals surface area contributed by atoms with E-state index < -0.39 is 0 Å². The summed E-state index contributed by atoms with van der Waals surface area (Å²) in [5.74, 6) is 0.983. The van der Waals surface area contributed by atoms with Crippen molar-refractivity contribution in [3.8, 4) is 0 Å². The van der Waals surface area contributed by atoms with E-state index in [4.69, 9.17) is 10.2 Å². The number of nitrogens with zero attached hydrogens (tertiary/aromatic N) is 2. The summed E-state index contributed by atoms with van der Waals surface area (Å²) >= 11 is 1.63. The number of rotatable bonds is 5. The van der Waals surface area contributed by atoms with Gasteiger partial charge in [0.2, 0.25) is 0 Å². The Balaban J connectivity index is 1.94. The molecular formula is C13H19N3OS. The van der Waals surface area contributed by atoms with Gasteiger partial charge in [-0.3, -0.25) is 4.90 Å². The lowest BCUT2D eigenvalue weighted by atomic mass is 10.2. The average Bonchev–Trinajstić information content (AvgIpc) is 2.89. The molecule has 98 valence electrons. The van der Waals surface area contributed by atoms with E-state index in [9.17, 15) is 0 Å². The summed E-state index contributed by atoms with van der Waals surface area (Å²) in [6, 6.07) is 2.03. The van der Waals surface area contributed by atoms with Gasteiger partial charge in [-0.15, -0.1) is 11.3 Å². The first-order valence-corrected chi connectivity index (χ1v) is 6.85. The van der Waals surface area contributed by atoms with Crippen LogP contribution in [0.5, 0.6) is 0 Å². The number of furan rings is 1. The van der Waals surface area contributed by atoms with E-state index in [0.29, 0.717) is 0 Å². The highest BCUT2D eigenvalue weighted by Crippen LogP contribution is 2.18. The highest BCUT2D eigenvalue weighted by atomic mass is 32.1. The van der Waals surface area contributed by atoms with Crippen LogP contribution >= 0.6 is 11.3 Å². The van der Waals surface area contributed by atoms with Crippen molar-refractivity contribution in [2.24, 2.45) is 5.73 Å². The summed E-state index contributed by atoms with van der Waals surface area (Å²) < 4.78 is 5.29. The van der Waals surface area contributed by atoms with Crippen molar-refractivity contribution in [3.63, 3.8) is 0 Å². The molecule has 0 aliphatic heterocycles. The molecule has 2 aromatic heterocycles. The lowest BCUT2D eigenvalue weighted by Crippen LogP contribution is -2.17. The first-order valence-electron chi connectivity index (χ1n) is 5.97. The maximum absolute atomic E-state index is 5.81. The van der Waals surface area contributed by atoms with Gasteiger partial charge in [0, 0.05) is 24.0 Å². The zero-order chi connectivity index (χ0) is 13.1. The summed E-state index contributed by atoms with van der Waals surface area (Å²) in [6.45, 7) is 5.64. The normalized spacial score (nSPS) is 13.2. The third kappa shape index (κ3) is 3.19. The van der Waals surface area contributed by atoms with Gasteiger partial charge < -0.3 is 10.2 Å². The summed E-state index contributed by atoms with van der Waals surface area (Å²) in [4.78, 5) is 6.75. The molecular weight excluding hydrogens is 246 g/mol. The molecule has 2 rings (SSSR count). The first-order chi connectivity index (χ1) is 8.56. The standard InChI is InChI=1S/C13H19N3OS/c1-9(14)13-15-12(8-18-13)7-16(3)6-11-4-5-17-10(11)2/h4-5,8-9H,6-7,14H2,1-3H3. The molecule has 4 nitrogen and oxygen atoms in total. The van der Waals surface area contributed by atoms with Gasteiger partial charge in [-0.2, -0.15) is 0 Å². The van der Waals surface area contributed by atoms with E-state index in [1.165, 1.54) is 5.56 Å². The summed E-state index contributed by atoms with van der Waals surface area (Å²) in [7, 11) is 2.08. The Labute approximate surface area is 111 Å². The van der Waals surface area contributed by atoms with Crippen molar-refractivity contribution in [2.45, 2.75) is 33.0 Å². The Bertz CT molecular complexity index is 504. The molecule has 0 aromatic carbocycles. The number of hydrogen-bond acceptors (Lipinski definition) is 5. The van der Waals surface area contributed by atoms with E-state index >= 15 is 0 Å².